The maximum absolute atomic E-state index is 12.6. The molecular weight excluding hydrogens is 583 g/mol. The number of rotatable bonds is 6. The highest BCUT2D eigenvalue weighted by molar-refractivity contribution is 5.89. The fourth-order valence-corrected chi connectivity index (χ4v) is 4.17. The van der Waals surface area contributed by atoms with Gasteiger partial charge >= 0.3 is 36.0 Å². The van der Waals surface area contributed by atoms with Gasteiger partial charge in [0.25, 0.3) is 0 Å². The number of carbonyl (C=O) groups excluding carboxylic acids is 1. The van der Waals surface area contributed by atoms with Crippen molar-refractivity contribution in [1.82, 2.24) is 19.4 Å². The summed E-state index contributed by atoms with van der Waals surface area (Å²) in [6.45, 7) is 4.47. The molecule has 2 aliphatic rings. The molecule has 17 heteroatoms. The zero-order valence-electron chi connectivity index (χ0n) is 22.6. The summed E-state index contributed by atoms with van der Waals surface area (Å²) in [6, 6.07) is 4.63. The van der Waals surface area contributed by atoms with Gasteiger partial charge < -0.3 is 34.7 Å². The Hall–Kier alpha value is -5.11. The van der Waals surface area contributed by atoms with Crippen LogP contribution < -0.4 is 4.74 Å². The Labute approximate surface area is 242 Å². The normalized spacial score (nSPS) is 18.0. The lowest BCUT2D eigenvalue weighted by atomic mass is 10.1. The number of hydrogen-bond donors (Lipinski definition) is 2. The minimum Gasteiger partial charge on any atom is -0.478 e. The topological polar surface area (TPSA) is 178 Å². The van der Waals surface area contributed by atoms with Crippen LogP contribution in [0.4, 0.5) is 23.8 Å². The summed E-state index contributed by atoms with van der Waals surface area (Å²) in [5.74, 6) is 2.66. The number of halogens is 3. The number of nitrogens with zero attached hydrogens (tertiary/aromatic N) is 5. The van der Waals surface area contributed by atoms with Crippen molar-refractivity contribution in [2.45, 2.75) is 25.2 Å². The Morgan fingerprint density at radius 1 is 1.14 bits per heavy atom. The molecule has 1 aromatic carbocycles. The number of piperazine rings is 1. The lowest BCUT2D eigenvalue weighted by Crippen LogP contribution is -2.54. The first-order valence-corrected chi connectivity index (χ1v) is 12.5. The number of imidazole rings is 1. The van der Waals surface area contributed by atoms with Crippen LogP contribution in [0.15, 0.2) is 42.6 Å². The van der Waals surface area contributed by atoms with Crippen LogP contribution in [-0.2, 0) is 27.0 Å². The molecule has 1 amide bonds. The maximum atomic E-state index is 12.6. The summed E-state index contributed by atoms with van der Waals surface area (Å²) in [5, 5.41) is 26.7. The molecule has 1 aromatic heterocycles. The van der Waals surface area contributed by atoms with Gasteiger partial charge in [0, 0.05) is 50.4 Å². The van der Waals surface area contributed by atoms with E-state index >= 15 is 0 Å². The highest BCUT2D eigenvalue weighted by Crippen LogP contribution is 2.33. The third-order valence-electron chi connectivity index (χ3n) is 6.09. The molecule has 230 valence electrons. The van der Waals surface area contributed by atoms with Crippen LogP contribution in [0.1, 0.15) is 18.1 Å². The Bertz CT molecular complexity index is 1420. The van der Waals surface area contributed by atoms with E-state index in [1.165, 1.54) is 22.9 Å². The number of alkyl halides is 3. The second-order valence-corrected chi connectivity index (χ2v) is 9.50. The van der Waals surface area contributed by atoms with Crippen LogP contribution in [0, 0.1) is 22.0 Å². The number of aliphatic carboxylic acids is 2. The van der Waals surface area contributed by atoms with Gasteiger partial charge in [-0.3, -0.25) is 4.90 Å². The lowest BCUT2D eigenvalue weighted by molar-refractivity contribution is -0.392. The lowest BCUT2D eigenvalue weighted by Gasteiger charge is -2.37. The van der Waals surface area contributed by atoms with Crippen molar-refractivity contribution >= 4 is 23.8 Å². The molecule has 2 aromatic rings. The van der Waals surface area contributed by atoms with Crippen LogP contribution in [0.2, 0.25) is 0 Å². The van der Waals surface area contributed by atoms with Crippen molar-refractivity contribution < 1.29 is 52.2 Å². The van der Waals surface area contributed by atoms with Crippen molar-refractivity contribution in [1.29, 1.82) is 0 Å². The summed E-state index contributed by atoms with van der Waals surface area (Å²) in [7, 11) is 0. The molecule has 2 aliphatic heterocycles. The quantitative estimate of drug-likeness (QED) is 0.213. The van der Waals surface area contributed by atoms with E-state index in [4.69, 9.17) is 19.7 Å². The van der Waals surface area contributed by atoms with Crippen molar-refractivity contribution in [2.24, 2.45) is 0 Å². The first kappa shape index (κ1) is 32.4. The van der Waals surface area contributed by atoms with Gasteiger partial charge in [0.1, 0.15) is 12.7 Å². The van der Waals surface area contributed by atoms with Crippen molar-refractivity contribution in [3.8, 4) is 17.9 Å². The second kappa shape index (κ2) is 13.7. The third kappa shape index (κ3) is 9.46. The number of hydrogen-bond acceptors (Lipinski definition) is 9. The van der Waals surface area contributed by atoms with E-state index in [0.29, 0.717) is 57.0 Å². The molecule has 0 aliphatic carbocycles. The number of carbonyl (C=O) groups is 3. The maximum Gasteiger partial charge on any atom is 0.416 e. The molecule has 0 radical (unpaired) electrons. The van der Waals surface area contributed by atoms with E-state index in [2.05, 4.69) is 21.7 Å². The Morgan fingerprint density at radius 3 is 2.28 bits per heavy atom. The van der Waals surface area contributed by atoms with Gasteiger partial charge in [0.2, 0.25) is 0 Å². The van der Waals surface area contributed by atoms with E-state index in [9.17, 15) is 37.7 Å². The largest absolute Gasteiger partial charge is 0.478 e. The number of benzene rings is 1. The van der Waals surface area contributed by atoms with Crippen LogP contribution in [0.25, 0.3) is 0 Å². The van der Waals surface area contributed by atoms with E-state index in [1.54, 1.807) is 4.90 Å². The van der Waals surface area contributed by atoms with Crippen LogP contribution in [-0.4, -0.2) is 97.5 Å². The fourth-order valence-electron chi connectivity index (χ4n) is 4.17. The molecule has 14 nitrogen and oxygen atoms in total. The Kier molecular flexibility index (Phi) is 10.3. The summed E-state index contributed by atoms with van der Waals surface area (Å²) in [5.41, 5.74) is -1.04. The smallest absolute Gasteiger partial charge is 0.416 e. The van der Waals surface area contributed by atoms with Crippen molar-refractivity contribution in [3.63, 3.8) is 0 Å². The first-order valence-electron chi connectivity index (χ1n) is 12.5. The van der Waals surface area contributed by atoms with E-state index in [-0.39, 0.29) is 18.4 Å². The molecule has 0 spiro atoms. The summed E-state index contributed by atoms with van der Waals surface area (Å²) < 4.78 is 50.2. The predicted octanol–water partition coefficient (Wildman–Crippen LogP) is 2.48. The SMILES string of the molecule is CC1(CN2CCN(C(=O)OCC#Cc3ccc(C(F)(F)F)cc3)CC2)Cn2c([N+](=O)[O-])cnc2O1.O=C(O)C=CC(=O)O. The zero-order chi connectivity index (χ0) is 31.8. The number of nitro groups is 1. The van der Waals surface area contributed by atoms with Gasteiger partial charge in [-0.1, -0.05) is 11.8 Å². The van der Waals surface area contributed by atoms with Gasteiger partial charge in [0.05, 0.1) is 5.56 Å². The molecule has 3 heterocycles. The standard InChI is InChI=1S/C22H22F3N5O5.C4H4O4/c1-21(15-29-18(30(32)33)13-26-19(29)35-21)14-27-8-10-28(11-9-27)20(31)34-12-2-3-16-4-6-17(7-5-16)22(23,24)25;5-3(6)1-2-4(7)8/h4-7,13H,8-12,14-15H2,1H3;1-2H,(H,5,6)(H,7,8). The average Bonchev–Trinajstić information content (AvgIpc) is 3.46. The van der Waals surface area contributed by atoms with Gasteiger partial charge in [-0.05, 0) is 36.1 Å². The minimum absolute atomic E-state index is 0.113. The molecule has 0 bridgehead atoms. The number of ether oxygens (including phenoxy) is 2. The average molecular weight is 610 g/mol. The molecule has 1 fully saturated rings. The zero-order valence-corrected chi connectivity index (χ0v) is 22.6. The monoisotopic (exact) mass is 609 g/mol. The molecular formula is C26H26F3N5O9. The van der Waals surface area contributed by atoms with Gasteiger partial charge in [-0.25, -0.2) is 14.4 Å². The predicted molar refractivity (Wildman–Crippen MR) is 140 cm³/mol. The number of carboxylic acids is 2. The molecule has 1 saturated heterocycles. The second-order valence-electron chi connectivity index (χ2n) is 9.50. The van der Waals surface area contributed by atoms with Gasteiger partial charge in [0.15, 0.2) is 12.2 Å². The minimum atomic E-state index is -4.41. The summed E-state index contributed by atoms with van der Waals surface area (Å²) >= 11 is 0. The van der Waals surface area contributed by atoms with Crippen LogP contribution in [0.5, 0.6) is 6.01 Å². The highest BCUT2D eigenvalue weighted by atomic mass is 19.4. The first-order chi connectivity index (χ1) is 20.2. The number of fused-ring (bicyclic) bond motifs is 1. The Balaban J connectivity index is 0.000000557. The third-order valence-corrected chi connectivity index (χ3v) is 6.09. The molecule has 1 atom stereocenters. The number of amides is 1. The Morgan fingerprint density at radius 2 is 1.74 bits per heavy atom. The highest BCUT2D eigenvalue weighted by Gasteiger charge is 2.44. The number of aromatic nitrogens is 2. The molecule has 2 N–H and O–H groups in total. The molecule has 1 unspecified atom stereocenters. The summed E-state index contributed by atoms with van der Waals surface area (Å²) in [6.07, 6.45) is -2.64. The summed E-state index contributed by atoms with van der Waals surface area (Å²) in [4.78, 5) is 49.6. The van der Waals surface area contributed by atoms with Crippen LogP contribution >= 0.6 is 0 Å². The van der Waals surface area contributed by atoms with Crippen LogP contribution in [0.3, 0.4) is 0 Å². The van der Waals surface area contributed by atoms with E-state index in [0.717, 1.165) is 12.1 Å². The molecule has 0 saturated carbocycles. The van der Waals surface area contributed by atoms with E-state index < -0.39 is 40.3 Å². The fraction of sp³-hybridized carbons (Fsp3) is 0.385. The molecule has 4 rings (SSSR count). The van der Waals surface area contributed by atoms with Gasteiger partial charge in [-0.2, -0.15) is 22.7 Å². The number of carboxylic acid groups (broad SMARTS) is 2. The van der Waals surface area contributed by atoms with E-state index in [1.807, 2.05) is 6.92 Å². The van der Waals surface area contributed by atoms with Crippen molar-refractivity contribution in [2.75, 3.05) is 39.3 Å². The molecule has 43 heavy (non-hydrogen) atoms. The van der Waals surface area contributed by atoms with Crippen molar-refractivity contribution in [3.05, 3.63) is 63.9 Å². The van der Waals surface area contributed by atoms with Gasteiger partial charge in [-0.15, -0.1) is 0 Å².